The Morgan fingerprint density at radius 1 is 1.40 bits per heavy atom. The van der Waals surface area contributed by atoms with Gasteiger partial charge < -0.3 is 22.5 Å². The molecule has 1 heterocycles. The average molecular weight is 462 g/mol. The van der Waals surface area contributed by atoms with Crippen molar-refractivity contribution >= 4 is 11.8 Å². The molecule has 2 rings (SSSR count). The second kappa shape index (κ2) is 8.58. The van der Waals surface area contributed by atoms with E-state index in [1.807, 2.05) is 0 Å². The Balaban J connectivity index is 0.000000359. The Hall–Kier alpha value is -0.672. The summed E-state index contributed by atoms with van der Waals surface area (Å²) in [7, 11) is 0. The maximum atomic E-state index is 10.8. The van der Waals surface area contributed by atoms with Gasteiger partial charge in [0.05, 0.1) is 0 Å². The first-order chi connectivity index (χ1) is 8.84. The molecule has 1 aliphatic carbocycles. The molecule has 0 bridgehead atoms. The molecule has 1 saturated carbocycles. The van der Waals surface area contributed by atoms with Crippen LogP contribution in [0.25, 0.3) is 5.73 Å². The first kappa shape index (κ1) is 19.3. The third-order valence-electron chi connectivity index (χ3n) is 3.39. The van der Waals surface area contributed by atoms with Gasteiger partial charge in [-0.15, -0.1) is 0 Å². The third kappa shape index (κ3) is 5.02. The fourth-order valence-electron chi connectivity index (χ4n) is 2.11. The Morgan fingerprint density at radius 2 is 1.95 bits per heavy atom. The number of rotatable bonds is 1. The van der Waals surface area contributed by atoms with E-state index >= 15 is 0 Å². The maximum absolute atomic E-state index is 10.8. The van der Waals surface area contributed by atoms with Crippen molar-refractivity contribution in [3.63, 3.8) is 0 Å². The fraction of sp³-hybridized carbons (Fsp3) is 0.643. The largest absolute Gasteiger partial charge is 2.00 e. The van der Waals surface area contributed by atoms with Gasteiger partial charge in [-0.05, 0) is 13.8 Å². The minimum Gasteiger partial charge on any atom is -0.677 e. The number of nitrogens with one attached hydrogen (secondary N) is 1. The summed E-state index contributed by atoms with van der Waals surface area (Å²) in [6.45, 7) is 6.61. The fourth-order valence-corrected chi connectivity index (χ4v) is 2.11. The summed E-state index contributed by atoms with van der Waals surface area (Å²) in [4.78, 5) is 21.5. The van der Waals surface area contributed by atoms with Crippen LogP contribution in [0.1, 0.15) is 39.5 Å². The molecule has 6 heteroatoms. The number of hydrogen-bond donors (Lipinski definition) is 1. The van der Waals surface area contributed by atoms with Crippen molar-refractivity contribution in [1.29, 1.82) is 0 Å². The van der Waals surface area contributed by atoms with E-state index in [1.54, 1.807) is 0 Å². The van der Waals surface area contributed by atoms with Gasteiger partial charge >= 0.3 is 27.0 Å². The second-order valence-electron chi connectivity index (χ2n) is 5.01. The van der Waals surface area contributed by atoms with Gasteiger partial charge in [0.15, 0.2) is 17.6 Å². The SMILES string of the molecule is CC(=O)C1=C(O)C(C)OC1=O.[CH2-][C@@H]1CCCC[C@H]1[NH-].[Pt+2]. The van der Waals surface area contributed by atoms with Crippen LogP contribution in [-0.4, -0.2) is 29.0 Å². The Labute approximate surface area is 134 Å². The first-order valence-corrected chi connectivity index (χ1v) is 6.53. The van der Waals surface area contributed by atoms with Gasteiger partial charge in [-0.1, -0.05) is 25.7 Å². The molecule has 1 fully saturated rings. The number of aliphatic hydroxyl groups excluding tert-OH is 1. The molecule has 0 aromatic heterocycles. The minimum absolute atomic E-state index is 0. The van der Waals surface area contributed by atoms with E-state index in [9.17, 15) is 9.59 Å². The van der Waals surface area contributed by atoms with E-state index in [0.29, 0.717) is 5.92 Å². The van der Waals surface area contributed by atoms with Crippen molar-refractivity contribution < 1.29 is 40.5 Å². The number of Topliss-reactive ketones (excluding diaryl/α,β-unsaturated/α-hetero) is 1. The molecule has 0 amide bonds. The number of hydrogen-bond acceptors (Lipinski definition) is 4. The zero-order valence-corrected chi connectivity index (χ0v) is 14.0. The van der Waals surface area contributed by atoms with Crippen LogP contribution in [0.2, 0.25) is 0 Å². The molecule has 20 heavy (non-hydrogen) atoms. The van der Waals surface area contributed by atoms with Gasteiger partial charge in [0.2, 0.25) is 0 Å². The van der Waals surface area contributed by atoms with E-state index in [0.717, 1.165) is 6.42 Å². The van der Waals surface area contributed by atoms with Crippen molar-refractivity contribution in [3.8, 4) is 0 Å². The molecule has 2 N–H and O–H groups in total. The summed E-state index contributed by atoms with van der Waals surface area (Å²) >= 11 is 0. The summed E-state index contributed by atoms with van der Waals surface area (Å²) < 4.78 is 4.56. The minimum atomic E-state index is -0.734. The maximum Gasteiger partial charge on any atom is 2.00 e. The first-order valence-electron chi connectivity index (χ1n) is 6.53. The molecule has 0 saturated heterocycles. The molecule has 0 aromatic rings. The van der Waals surface area contributed by atoms with Crippen LogP contribution in [0.4, 0.5) is 0 Å². The molecule has 3 atom stereocenters. The van der Waals surface area contributed by atoms with Crippen molar-refractivity contribution in [3.05, 3.63) is 24.0 Å². The molecule has 1 unspecified atom stereocenters. The van der Waals surface area contributed by atoms with Crippen LogP contribution in [-0.2, 0) is 35.4 Å². The summed E-state index contributed by atoms with van der Waals surface area (Å²) in [5.41, 5.74) is 7.19. The quantitative estimate of drug-likeness (QED) is 0.369. The van der Waals surface area contributed by atoms with E-state index < -0.39 is 17.9 Å². The Morgan fingerprint density at radius 3 is 2.20 bits per heavy atom. The second-order valence-corrected chi connectivity index (χ2v) is 5.01. The number of cyclic esters (lactones) is 1. The predicted octanol–water partition coefficient (Wildman–Crippen LogP) is 2.76. The van der Waals surface area contributed by atoms with E-state index in [1.165, 1.54) is 33.1 Å². The van der Waals surface area contributed by atoms with Crippen LogP contribution in [0, 0.1) is 12.8 Å². The van der Waals surface area contributed by atoms with Crippen LogP contribution < -0.4 is 0 Å². The van der Waals surface area contributed by atoms with Crippen LogP contribution in [0.15, 0.2) is 11.3 Å². The van der Waals surface area contributed by atoms with Crippen molar-refractivity contribution in [1.82, 2.24) is 0 Å². The number of ketones is 1. The van der Waals surface area contributed by atoms with Crippen LogP contribution in [0.5, 0.6) is 0 Å². The average Bonchev–Trinajstić information content (AvgIpc) is 2.58. The van der Waals surface area contributed by atoms with Crippen molar-refractivity contribution in [2.75, 3.05) is 0 Å². The van der Waals surface area contributed by atoms with E-state index in [4.69, 9.17) is 10.8 Å². The molecule has 1 aliphatic heterocycles. The summed E-state index contributed by atoms with van der Waals surface area (Å²) in [5.74, 6) is -1.04. The Bertz CT molecular complexity index is 385. The summed E-state index contributed by atoms with van der Waals surface area (Å²) in [5, 5.41) is 9.11. The Kier molecular flexibility index (Phi) is 8.29. The van der Waals surface area contributed by atoms with Crippen LogP contribution >= 0.6 is 0 Å². The molecule has 2 aliphatic rings. The number of aliphatic hydroxyl groups is 1. The van der Waals surface area contributed by atoms with Gasteiger partial charge in [-0.3, -0.25) is 4.79 Å². The molecular formula is C14H21NO4Pt. The zero-order valence-electron chi connectivity index (χ0n) is 11.8. The summed E-state index contributed by atoms with van der Waals surface area (Å²) in [6.07, 6.45) is 4.12. The number of carbonyl (C=O) groups excluding carboxylic acids is 2. The van der Waals surface area contributed by atoms with Gasteiger partial charge in [0, 0.05) is 0 Å². The van der Waals surface area contributed by atoms with Gasteiger partial charge in [-0.2, -0.15) is 12.0 Å². The molecule has 5 nitrogen and oxygen atoms in total. The number of esters is 1. The summed E-state index contributed by atoms with van der Waals surface area (Å²) in [6, 6.07) is 0.142. The number of carbonyl (C=O) groups is 2. The molecule has 0 radical (unpaired) electrons. The standard InChI is InChI=1S/C7H13N.C7H8O4.Pt/c1-6-4-2-3-5-7(6)8;1-3(8)5-6(9)4(2)11-7(5)10;/h6-8H,1-5H2;4,9H,1-2H3;/q-2;;+2/t6-,7-;;/m1../s1. The number of ether oxygens (including phenoxy) is 1. The van der Waals surface area contributed by atoms with Gasteiger partial charge in [-0.25, -0.2) is 4.79 Å². The predicted molar refractivity (Wildman–Crippen MR) is 71.3 cm³/mol. The smallest absolute Gasteiger partial charge is 0.677 e. The van der Waals surface area contributed by atoms with Crippen LogP contribution in [0.3, 0.4) is 0 Å². The van der Waals surface area contributed by atoms with Crippen molar-refractivity contribution in [2.45, 2.75) is 51.7 Å². The molecule has 116 valence electrons. The van der Waals surface area contributed by atoms with E-state index in [2.05, 4.69) is 11.7 Å². The van der Waals surface area contributed by atoms with Gasteiger partial charge in [0.1, 0.15) is 5.57 Å². The topological polar surface area (TPSA) is 87.4 Å². The monoisotopic (exact) mass is 462 g/mol. The van der Waals surface area contributed by atoms with Crippen molar-refractivity contribution in [2.24, 2.45) is 5.92 Å². The molecular weight excluding hydrogens is 441 g/mol. The molecule has 0 spiro atoms. The normalized spacial score (nSPS) is 29.0. The van der Waals surface area contributed by atoms with Gasteiger partial charge in [0.25, 0.3) is 0 Å². The third-order valence-corrected chi connectivity index (χ3v) is 3.39. The molecule has 0 aromatic carbocycles. The zero-order chi connectivity index (χ0) is 14.6. The van der Waals surface area contributed by atoms with E-state index in [-0.39, 0.29) is 38.4 Å².